The predicted octanol–water partition coefficient (Wildman–Crippen LogP) is 7.41. The minimum atomic E-state index is -0.0919. The smallest absolute Gasteiger partial charge is 0.0278 e. The highest BCUT2D eigenvalue weighted by molar-refractivity contribution is 5.82. The monoisotopic (exact) mass is 422 g/mol. The van der Waals surface area contributed by atoms with Crippen molar-refractivity contribution in [1.29, 1.82) is 0 Å². The number of rotatable bonds is 0. The molecule has 0 heteroatoms. The lowest BCUT2D eigenvalue weighted by molar-refractivity contribution is 0.660. The Morgan fingerprint density at radius 2 is 0.939 bits per heavy atom. The van der Waals surface area contributed by atoms with Crippen LogP contribution in [0.5, 0.6) is 0 Å². The van der Waals surface area contributed by atoms with Crippen molar-refractivity contribution < 1.29 is 0 Å². The molecule has 5 rings (SSSR count). The molecule has 0 spiro atoms. The van der Waals surface area contributed by atoms with Crippen LogP contribution in [0.2, 0.25) is 0 Å². The maximum absolute atomic E-state index is 3.38. The topological polar surface area (TPSA) is 0 Å². The molecule has 4 aromatic carbocycles. The van der Waals surface area contributed by atoms with Gasteiger partial charge in [0, 0.05) is 27.7 Å². The average molecular weight is 423 g/mol. The van der Waals surface area contributed by atoms with E-state index in [1.165, 1.54) is 33.4 Å². The third-order valence-electron chi connectivity index (χ3n) is 6.65. The zero-order valence-electron chi connectivity index (χ0n) is 19.6. The van der Waals surface area contributed by atoms with Gasteiger partial charge in [-0.25, -0.2) is 0 Å². The van der Waals surface area contributed by atoms with Crippen LogP contribution in [0, 0.1) is 37.5 Å². The van der Waals surface area contributed by atoms with Gasteiger partial charge in [-0.1, -0.05) is 86.1 Å². The summed E-state index contributed by atoms with van der Waals surface area (Å²) < 4.78 is 0. The van der Waals surface area contributed by atoms with E-state index in [0.717, 1.165) is 22.3 Å². The second-order valence-corrected chi connectivity index (χ2v) is 9.28. The van der Waals surface area contributed by atoms with E-state index in [9.17, 15) is 0 Å². The third kappa shape index (κ3) is 3.86. The Morgan fingerprint density at radius 3 is 1.36 bits per heavy atom. The van der Waals surface area contributed by atoms with E-state index < -0.39 is 0 Å². The van der Waals surface area contributed by atoms with Crippen molar-refractivity contribution in [1.82, 2.24) is 0 Å². The van der Waals surface area contributed by atoms with Crippen LogP contribution in [0.25, 0.3) is 11.1 Å². The number of hydrogen-bond acceptors (Lipinski definition) is 0. The maximum Gasteiger partial charge on any atom is 0.0278 e. The van der Waals surface area contributed by atoms with Gasteiger partial charge in [0.1, 0.15) is 0 Å². The highest BCUT2D eigenvalue weighted by Gasteiger charge is 2.35. The van der Waals surface area contributed by atoms with Crippen LogP contribution in [-0.2, 0) is 5.41 Å². The summed E-state index contributed by atoms with van der Waals surface area (Å²) in [5.41, 5.74) is 11.9. The van der Waals surface area contributed by atoms with Gasteiger partial charge in [-0.15, -0.1) is 0 Å². The van der Waals surface area contributed by atoms with E-state index in [1.54, 1.807) is 0 Å². The van der Waals surface area contributed by atoms with Gasteiger partial charge in [-0.2, -0.15) is 0 Å². The van der Waals surface area contributed by atoms with Crippen LogP contribution >= 0.6 is 0 Å². The molecular formula is C33H26. The molecule has 0 radical (unpaired) electrons. The minimum Gasteiger partial charge on any atom is -0.0619 e. The van der Waals surface area contributed by atoms with Gasteiger partial charge in [0.05, 0.1) is 0 Å². The SMILES string of the molecule is Cc1ccccc1C#Cc1ccc2c(c1)C(C)(C)c1cc(C#Cc3ccccc3C)ccc1-2. The fourth-order valence-corrected chi connectivity index (χ4v) is 4.60. The molecule has 0 fully saturated rings. The standard InChI is InChI=1S/C33H26/c1-23-9-5-7-11-27(23)17-13-25-15-19-29-30-20-16-26(14-18-28-12-8-6-10-24(28)2)22-32(30)33(3,4)31(29)21-25/h5-12,15-16,19-22H,1-4H3. The Kier molecular flexibility index (Phi) is 5.17. The zero-order valence-corrected chi connectivity index (χ0v) is 19.6. The molecule has 158 valence electrons. The summed E-state index contributed by atoms with van der Waals surface area (Å²) in [6.07, 6.45) is 0. The second kappa shape index (κ2) is 8.16. The Labute approximate surface area is 197 Å². The van der Waals surface area contributed by atoms with Crippen LogP contribution in [0.1, 0.15) is 58.4 Å². The molecule has 0 amide bonds. The first kappa shape index (κ1) is 20.9. The van der Waals surface area contributed by atoms with Gasteiger partial charge in [-0.3, -0.25) is 0 Å². The lowest BCUT2D eigenvalue weighted by Crippen LogP contribution is -2.15. The van der Waals surface area contributed by atoms with E-state index in [4.69, 9.17) is 0 Å². The van der Waals surface area contributed by atoms with Crippen molar-refractivity contribution in [2.75, 3.05) is 0 Å². The van der Waals surface area contributed by atoms with Gasteiger partial charge in [0.25, 0.3) is 0 Å². The van der Waals surface area contributed by atoms with Gasteiger partial charge < -0.3 is 0 Å². The minimum absolute atomic E-state index is 0.0919. The summed E-state index contributed by atoms with van der Waals surface area (Å²) in [7, 11) is 0. The Bertz CT molecular complexity index is 1390. The van der Waals surface area contributed by atoms with E-state index in [2.05, 4.69) is 124 Å². The summed E-state index contributed by atoms with van der Waals surface area (Å²) in [5, 5.41) is 0. The molecule has 0 unspecified atom stereocenters. The maximum atomic E-state index is 3.38. The Hall–Kier alpha value is -4.00. The molecule has 1 aliphatic carbocycles. The molecule has 1 aliphatic rings. The fourth-order valence-electron chi connectivity index (χ4n) is 4.60. The number of hydrogen-bond donors (Lipinski definition) is 0. The van der Waals surface area contributed by atoms with E-state index in [1.807, 2.05) is 12.1 Å². The molecule has 0 saturated heterocycles. The molecule has 0 atom stereocenters. The second-order valence-electron chi connectivity index (χ2n) is 9.28. The lowest BCUT2D eigenvalue weighted by Gasteiger charge is -2.21. The van der Waals surface area contributed by atoms with E-state index in [-0.39, 0.29) is 5.41 Å². The molecule has 0 saturated carbocycles. The quantitative estimate of drug-likeness (QED) is 0.259. The first-order valence-electron chi connectivity index (χ1n) is 11.4. The average Bonchev–Trinajstić information content (AvgIpc) is 3.04. The molecule has 0 aromatic heterocycles. The molecule has 0 nitrogen and oxygen atoms in total. The summed E-state index contributed by atoms with van der Waals surface area (Å²) in [6, 6.07) is 29.8. The predicted molar refractivity (Wildman–Crippen MR) is 138 cm³/mol. The number of aryl methyl sites for hydroxylation is 2. The third-order valence-corrected chi connectivity index (χ3v) is 6.65. The fraction of sp³-hybridized carbons (Fsp3) is 0.152. The molecule has 4 aromatic rings. The van der Waals surface area contributed by atoms with Crippen molar-refractivity contribution in [3.63, 3.8) is 0 Å². The number of fused-ring (bicyclic) bond motifs is 3. The van der Waals surface area contributed by atoms with E-state index >= 15 is 0 Å². The zero-order chi connectivity index (χ0) is 23.0. The van der Waals surface area contributed by atoms with Crippen molar-refractivity contribution in [3.8, 4) is 34.8 Å². The first-order chi connectivity index (χ1) is 15.9. The molecule has 33 heavy (non-hydrogen) atoms. The van der Waals surface area contributed by atoms with Crippen molar-refractivity contribution in [2.45, 2.75) is 33.1 Å². The van der Waals surface area contributed by atoms with Crippen LogP contribution < -0.4 is 0 Å². The summed E-state index contributed by atoms with van der Waals surface area (Å²) >= 11 is 0. The summed E-state index contributed by atoms with van der Waals surface area (Å²) in [4.78, 5) is 0. The van der Waals surface area contributed by atoms with E-state index in [0.29, 0.717) is 0 Å². The molecular weight excluding hydrogens is 396 g/mol. The first-order valence-corrected chi connectivity index (χ1v) is 11.4. The van der Waals surface area contributed by atoms with Gasteiger partial charge in [-0.05, 0) is 83.6 Å². The van der Waals surface area contributed by atoms with Crippen LogP contribution in [0.3, 0.4) is 0 Å². The Morgan fingerprint density at radius 1 is 0.515 bits per heavy atom. The molecule has 0 aliphatic heterocycles. The molecule has 0 N–H and O–H groups in total. The molecule has 0 bridgehead atoms. The van der Waals surface area contributed by atoms with Crippen molar-refractivity contribution >= 4 is 0 Å². The summed E-state index contributed by atoms with van der Waals surface area (Å²) in [5.74, 6) is 13.5. The van der Waals surface area contributed by atoms with Crippen molar-refractivity contribution in [2.24, 2.45) is 0 Å². The largest absolute Gasteiger partial charge is 0.0619 e. The highest BCUT2D eigenvalue weighted by atomic mass is 14.4. The Balaban J connectivity index is 1.51. The summed E-state index contributed by atoms with van der Waals surface area (Å²) in [6.45, 7) is 8.81. The lowest BCUT2D eigenvalue weighted by atomic mass is 9.81. The van der Waals surface area contributed by atoms with Crippen LogP contribution in [0.15, 0.2) is 84.9 Å². The van der Waals surface area contributed by atoms with Crippen LogP contribution in [-0.4, -0.2) is 0 Å². The molecule has 0 heterocycles. The van der Waals surface area contributed by atoms with Crippen molar-refractivity contribution in [3.05, 3.63) is 129 Å². The normalized spacial score (nSPS) is 12.6. The van der Waals surface area contributed by atoms with Gasteiger partial charge in [0.15, 0.2) is 0 Å². The van der Waals surface area contributed by atoms with Gasteiger partial charge >= 0.3 is 0 Å². The number of benzene rings is 4. The van der Waals surface area contributed by atoms with Crippen LogP contribution in [0.4, 0.5) is 0 Å². The van der Waals surface area contributed by atoms with Gasteiger partial charge in [0.2, 0.25) is 0 Å². The highest BCUT2D eigenvalue weighted by Crippen LogP contribution is 2.49.